The summed E-state index contributed by atoms with van der Waals surface area (Å²) in [7, 11) is 0. The monoisotopic (exact) mass is 279 g/mol. The summed E-state index contributed by atoms with van der Waals surface area (Å²) in [6.45, 7) is 0. The van der Waals surface area contributed by atoms with E-state index >= 15 is 0 Å². The van der Waals surface area contributed by atoms with Gasteiger partial charge >= 0.3 is 5.97 Å². The van der Waals surface area contributed by atoms with Crippen molar-refractivity contribution >= 4 is 17.7 Å². The number of aromatic nitrogens is 2. The molecule has 3 rings (SSSR count). The van der Waals surface area contributed by atoms with Gasteiger partial charge < -0.3 is 5.11 Å². The van der Waals surface area contributed by atoms with Crippen molar-refractivity contribution < 1.29 is 9.90 Å². The second-order valence-electron chi connectivity index (χ2n) is 5.32. The normalized spacial score (nSPS) is 30.4. The van der Waals surface area contributed by atoms with Crippen molar-refractivity contribution in [3.05, 3.63) is 18.5 Å². The van der Waals surface area contributed by atoms with Gasteiger partial charge in [0.2, 0.25) is 0 Å². The van der Waals surface area contributed by atoms with Gasteiger partial charge in [0.25, 0.3) is 0 Å². The minimum atomic E-state index is -0.729. The summed E-state index contributed by atoms with van der Waals surface area (Å²) in [6.07, 6.45) is 7.90. The highest BCUT2D eigenvalue weighted by Crippen LogP contribution is 2.41. The van der Waals surface area contributed by atoms with Crippen LogP contribution in [-0.4, -0.2) is 37.9 Å². The van der Waals surface area contributed by atoms with Crippen LogP contribution in [0.5, 0.6) is 0 Å². The third-order valence-electron chi connectivity index (χ3n) is 3.75. The molecule has 0 spiro atoms. The van der Waals surface area contributed by atoms with E-state index in [-0.39, 0.29) is 5.25 Å². The predicted octanol–water partition coefficient (Wildman–Crippen LogP) is 1.70. The molecule has 0 radical (unpaired) electrons. The van der Waals surface area contributed by atoms with Gasteiger partial charge in [-0.15, -0.1) is 0 Å². The summed E-state index contributed by atoms with van der Waals surface area (Å²) < 4.78 is 0. The van der Waals surface area contributed by atoms with Gasteiger partial charge in [0.05, 0.1) is 0 Å². The van der Waals surface area contributed by atoms with E-state index in [1.807, 2.05) is 0 Å². The van der Waals surface area contributed by atoms with Crippen LogP contribution in [0.4, 0.5) is 0 Å². The first kappa shape index (κ1) is 12.9. The molecule has 1 heterocycles. The van der Waals surface area contributed by atoms with Crippen LogP contribution in [0.15, 0.2) is 23.6 Å². The van der Waals surface area contributed by atoms with E-state index in [2.05, 4.69) is 15.3 Å². The first-order valence-corrected chi connectivity index (χ1v) is 7.51. The minimum absolute atomic E-state index is 0.282. The van der Waals surface area contributed by atoms with Crippen molar-refractivity contribution in [3.8, 4) is 0 Å². The van der Waals surface area contributed by atoms with Gasteiger partial charge in [-0.3, -0.25) is 10.1 Å². The minimum Gasteiger partial charge on any atom is -0.480 e. The number of aliphatic carboxylic acids is 1. The second-order valence-corrected chi connectivity index (χ2v) is 6.59. The molecule has 19 heavy (non-hydrogen) atoms. The Labute approximate surface area is 116 Å². The van der Waals surface area contributed by atoms with Crippen molar-refractivity contribution in [3.63, 3.8) is 0 Å². The Morgan fingerprint density at radius 1 is 1.37 bits per heavy atom. The molecule has 1 aromatic rings. The van der Waals surface area contributed by atoms with Gasteiger partial charge in [-0.2, -0.15) is 0 Å². The average molecular weight is 279 g/mol. The van der Waals surface area contributed by atoms with Crippen molar-refractivity contribution in [2.75, 3.05) is 0 Å². The van der Waals surface area contributed by atoms with E-state index < -0.39 is 11.5 Å². The summed E-state index contributed by atoms with van der Waals surface area (Å²) in [4.78, 5) is 20.0. The maximum absolute atomic E-state index is 11.6. The SMILES string of the molecule is O=C(O)C1(NC2CC2)CCC(Sc2ncccn2)C1. The summed E-state index contributed by atoms with van der Waals surface area (Å²) in [5.41, 5.74) is -0.729. The first-order chi connectivity index (χ1) is 9.18. The second kappa shape index (κ2) is 5.09. The van der Waals surface area contributed by atoms with Crippen molar-refractivity contribution in [2.24, 2.45) is 0 Å². The quantitative estimate of drug-likeness (QED) is 0.799. The standard InChI is InChI=1S/C13H17N3O2S/c17-11(18)13(16-9-2-3-9)5-4-10(8-13)19-12-14-6-1-7-15-12/h1,6-7,9-10,16H,2-5,8H2,(H,17,18). The third kappa shape index (κ3) is 2.90. The van der Waals surface area contributed by atoms with Crippen LogP contribution in [0.1, 0.15) is 32.1 Å². The number of hydrogen-bond acceptors (Lipinski definition) is 5. The maximum atomic E-state index is 11.6. The largest absolute Gasteiger partial charge is 0.480 e. The lowest BCUT2D eigenvalue weighted by atomic mass is 9.98. The van der Waals surface area contributed by atoms with Crippen LogP contribution in [0, 0.1) is 0 Å². The van der Waals surface area contributed by atoms with Gasteiger partial charge in [0, 0.05) is 23.7 Å². The molecule has 0 saturated heterocycles. The summed E-state index contributed by atoms with van der Waals surface area (Å²) in [6, 6.07) is 2.20. The van der Waals surface area contributed by atoms with Gasteiger partial charge in [-0.1, -0.05) is 11.8 Å². The topological polar surface area (TPSA) is 75.1 Å². The highest BCUT2D eigenvalue weighted by atomic mass is 32.2. The summed E-state index contributed by atoms with van der Waals surface area (Å²) >= 11 is 1.59. The van der Waals surface area contributed by atoms with Gasteiger partial charge in [0.1, 0.15) is 5.54 Å². The molecule has 2 aliphatic carbocycles. The molecule has 0 bridgehead atoms. The molecule has 2 atom stereocenters. The van der Waals surface area contributed by atoms with Crippen LogP contribution >= 0.6 is 11.8 Å². The van der Waals surface area contributed by atoms with E-state index in [1.165, 1.54) is 0 Å². The summed E-state index contributed by atoms with van der Waals surface area (Å²) in [5.74, 6) is -0.712. The molecule has 2 unspecified atom stereocenters. The molecule has 1 aromatic heterocycles. The molecule has 102 valence electrons. The number of rotatable bonds is 5. The number of hydrogen-bond donors (Lipinski definition) is 2. The number of thioether (sulfide) groups is 1. The number of nitrogens with zero attached hydrogens (tertiary/aromatic N) is 2. The molecular formula is C13H17N3O2S. The molecule has 0 aromatic carbocycles. The Balaban J connectivity index is 1.65. The van der Waals surface area contributed by atoms with Crippen LogP contribution < -0.4 is 5.32 Å². The highest BCUT2D eigenvalue weighted by molar-refractivity contribution is 7.99. The summed E-state index contributed by atoms with van der Waals surface area (Å²) in [5, 5.41) is 13.9. The number of nitrogens with one attached hydrogen (secondary N) is 1. The van der Waals surface area contributed by atoms with Crippen LogP contribution in [0.25, 0.3) is 0 Å². The Kier molecular flexibility index (Phi) is 3.45. The van der Waals surface area contributed by atoms with E-state index in [0.717, 1.165) is 24.4 Å². The van der Waals surface area contributed by atoms with E-state index in [1.54, 1.807) is 30.2 Å². The molecule has 6 heteroatoms. The molecule has 2 N–H and O–H groups in total. The smallest absolute Gasteiger partial charge is 0.323 e. The first-order valence-electron chi connectivity index (χ1n) is 6.63. The molecule has 0 amide bonds. The Bertz CT molecular complexity index is 466. The molecular weight excluding hydrogens is 262 g/mol. The molecule has 5 nitrogen and oxygen atoms in total. The Morgan fingerprint density at radius 2 is 2.11 bits per heavy atom. The number of carbonyl (C=O) groups is 1. The zero-order valence-electron chi connectivity index (χ0n) is 10.6. The van der Waals surface area contributed by atoms with E-state index in [4.69, 9.17) is 0 Å². The Morgan fingerprint density at radius 3 is 2.74 bits per heavy atom. The average Bonchev–Trinajstić information content (AvgIpc) is 3.11. The van der Waals surface area contributed by atoms with E-state index in [0.29, 0.717) is 18.9 Å². The fraction of sp³-hybridized carbons (Fsp3) is 0.615. The molecule has 0 aliphatic heterocycles. The Hall–Kier alpha value is -1.14. The van der Waals surface area contributed by atoms with Gasteiger partial charge in [-0.05, 0) is 38.2 Å². The maximum Gasteiger partial charge on any atom is 0.323 e. The van der Waals surface area contributed by atoms with E-state index in [9.17, 15) is 9.90 Å². The lowest BCUT2D eigenvalue weighted by Gasteiger charge is -2.25. The van der Waals surface area contributed by atoms with Gasteiger partial charge in [0.15, 0.2) is 5.16 Å². The fourth-order valence-corrected chi connectivity index (χ4v) is 3.75. The van der Waals surface area contributed by atoms with Crippen LogP contribution in [-0.2, 0) is 4.79 Å². The highest BCUT2D eigenvalue weighted by Gasteiger charge is 2.48. The zero-order valence-corrected chi connectivity index (χ0v) is 11.4. The van der Waals surface area contributed by atoms with Crippen molar-refractivity contribution in [1.82, 2.24) is 15.3 Å². The molecule has 2 saturated carbocycles. The predicted molar refractivity (Wildman–Crippen MR) is 72.1 cm³/mol. The molecule has 2 aliphatic rings. The van der Waals surface area contributed by atoms with Crippen molar-refractivity contribution in [2.45, 2.75) is 54.1 Å². The van der Waals surface area contributed by atoms with Gasteiger partial charge in [-0.25, -0.2) is 9.97 Å². The fourth-order valence-electron chi connectivity index (χ4n) is 2.60. The molecule has 2 fully saturated rings. The lowest BCUT2D eigenvalue weighted by molar-refractivity contribution is -0.144. The number of carboxylic acid groups (broad SMARTS) is 1. The number of carboxylic acids is 1. The third-order valence-corrected chi connectivity index (χ3v) is 4.91. The van der Waals surface area contributed by atoms with Crippen molar-refractivity contribution in [1.29, 1.82) is 0 Å². The zero-order chi connectivity index (χ0) is 13.3. The van der Waals surface area contributed by atoms with Crippen LogP contribution in [0.2, 0.25) is 0 Å². The lowest BCUT2D eigenvalue weighted by Crippen LogP contribution is -2.51. The van der Waals surface area contributed by atoms with Crippen LogP contribution in [0.3, 0.4) is 0 Å².